The van der Waals surface area contributed by atoms with Gasteiger partial charge in [-0.25, -0.2) is 4.98 Å². The average molecular weight is 269 g/mol. The van der Waals surface area contributed by atoms with Crippen LogP contribution in [0.5, 0.6) is 0 Å². The minimum atomic E-state index is -4.32. The van der Waals surface area contributed by atoms with Crippen molar-refractivity contribution in [2.45, 2.75) is 17.0 Å². The van der Waals surface area contributed by atoms with Gasteiger partial charge < -0.3 is 0 Å². The van der Waals surface area contributed by atoms with Gasteiger partial charge in [0.1, 0.15) is 0 Å². The van der Waals surface area contributed by atoms with E-state index in [-0.39, 0.29) is 0 Å². The van der Waals surface area contributed by atoms with E-state index in [1.165, 1.54) is 17.8 Å². The molecule has 0 atom stereocenters. The molecule has 1 aromatic carbocycles. The van der Waals surface area contributed by atoms with E-state index in [1.54, 1.807) is 0 Å². The van der Waals surface area contributed by atoms with E-state index in [0.717, 1.165) is 17.8 Å². The van der Waals surface area contributed by atoms with Crippen molar-refractivity contribution in [1.82, 2.24) is 4.98 Å². The molecular weight excluding hydrogens is 259 g/mol. The van der Waals surface area contributed by atoms with E-state index in [4.69, 9.17) is 0 Å². The Labute approximate surface area is 107 Å². The van der Waals surface area contributed by atoms with Gasteiger partial charge in [-0.05, 0) is 17.7 Å². The molecule has 0 N–H and O–H groups in total. The van der Waals surface area contributed by atoms with Crippen molar-refractivity contribution in [2.24, 2.45) is 0 Å². The van der Waals surface area contributed by atoms with Gasteiger partial charge in [0.2, 0.25) is 0 Å². The highest BCUT2D eigenvalue weighted by molar-refractivity contribution is 7.98. The lowest BCUT2D eigenvalue weighted by Gasteiger charge is -2.06. The quantitative estimate of drug-likeness (QED) is 0.766. The Bertz CT molecular complexity index is 494. The Kier molecular flexibility index (Phi) is 3.91. The molecule has 0 saturated carbocycles. The van der Waals surface area contributed by atoms with E-state index in [9.17, 15) is 13.2 Å². The van der Waals surface area contributed by atoms with Crippen LogP contribution < -0.4 is 0 Å². The normalized spacial score (nSPS) is 11.5. The molecule has 0 fully saturated rings. The second-order valence-corrected chi connectivity index (χ2v) is 4.65. The third kappa shape index (κ3) is 3.50. The summed E-state index contributed by atoms with van der Waals surface area (Å²) in [5.74, 6) is 0.694. The lowest BCUT2D eigenvalue weighted by Crippen LogP contribution is -2.05. The fourth-order valence-electron chi connectivity index (χ4n) is 1.36. The van der Waals surface area contributed by atoms with Crippen molar-refractivity contribution < 1.29 is 13.2 Å². The first kappa shape index (κ1) is 13.0. The molecule has 0 aliphatic carbocycles. The van der Waals surface area contributed by atoms with E-state index >= 15 is 0 Å². The van der Waals surface area contributed by atoms with Gasteiger partial charge >= 0.3 is 6.18 Å². The molecule has 0 aliphatic heterocycles. The lowest BCUT2D eigenvalue weighted by molar-refractivity contribution is -0.137. The summed E-state index contributed by atoms with van der Waals surface area (Å²) in [7, 11) is 0. The van der Waals surface area contributed by atoms with Crippen molar-refractivity contribution in [2.75, 3.05) is 0 Å². The van der Waals surface area contributed by atoms with Crippen molar-refractivity contribution in [3.63, 3.8) is 0 Å². The van der Waals surface area contributed by atoms with Crippen LogP contribution in [-0.2, 0) is 11.9 Å². The highest BCUT2D eigenvalue weighted by Crippen LogP contribution is 2.30. The molecule has 0 radical (unpaired) electrons. The molecule has 94 valence electrons. The van der Waals surface area contributed by atoms with Gasteiger partial charge in [-0.3, -0.25) is 0 Å². The van der Waals surface area contributed by atoms with Crippen LogP contribution in [0.1, 0.15) is 11.1 Å². The van der Waals surface area contributed by atoms with Crippen molar-refractivity contribution in [3.05, 3.63) is 59.8 Å². The van der Waals surface area contributed by atoms with Gasteiger partial charge in [-0.15, -0.1) is 11.8 Å². The number of halogens is 3. The molecule has 0 amide bonds. The summed E-state index contributed by atoms with van der Waals surface area (Å²) in [6, 6.07) is 12.2. The van der Waals surface area contributed by atoms with Crippen LogP contribution in [0.25, 0.3) is 0 Å². The first-order valence-corrected chi connectivity index (χ1v) is 6.24. The van der Waals surface area contributed by atoms with Crippen LogP contribution in [0.3, 0.4) is 0 Å². The molecular formula is C13H10F3NS. The Morgan fingerprint density at radius 1 is 1.00 bits per heavy atom. The van der Waals surface area contributed by atoms with Crippen LogP contribution in [0.4, 0.5) is 13.2 Å². The standard InChI is InChI=1S/C13H10F3NS/c14-13(15,16)11-6-7-12(17-8-11)18-9-10-4-2-1-3-5-10/h1-8H,9H2. The summed E-state index contributed by atoms with van der Waals surface area (Å²) >= 11 is 1.41. The fraction of sp³-hybridized carbons (Fsp3) is 0.154. The Balaban J connectivity index is 1.99. The van der Waals surface area contributed by atoms with Gasteiger partial charge in [0.15, 0.2) is 0 Å². The number of hydrogen-bond acceptors (Lipinski definition) is 2. The number of alkyl halides is 3. The number of rotatable bonds is 3. The second-order valence-electron chi connectivity index (χ2n) is 3.66. The summed E-state index contributed by atoms with van der Waals surface area (Å²) in [5, 5.41) is 0.590. The highest BCUT2D eigenvalue weighted by Gasteiger charge is 2.30. The maximum Gasteiger partial charge on any atom is 0.417 e. The number of benzene rings is 1. The number of nitrogens with zero attached hydrogens (tertiary/aromatic N) is 1. The third-order valence-electron chi connectivity index (χ3n) is 2.29. The summed E-state index contributed by atoms with van der Waals surface area (Å²) in [6.45, 7) is 0. The van der Waals surface area contributed by atoms with E-state index in [1.807, 2.05) is 30.3 Å². The first-order valence-electron chi connectivity index (χ1n) is 5.26. The van der Waals surface area contributed by atoms with Gasteiger partial charge in [0.25, 0.3) is 0 Å². The van der Waals surface area contributed by atoms with Gasteiger partial charge in [-0.1, -0.05) is 30.3 Å². The van der Waals surface area contributed by atoms with Crippen molar-refractivity contribution in [1.29, 1.82) is 0 Å². The lowest BCUT2D eigenvalue weighted by atomic mass is 10.2. The van der Waals surface area contributed by atoms with Gasteiger partial charge in [0, 0.05) is 11.9 Å². The Morgan fingerprint density at radius 3 is 2.28 bits per heavy atom. The summed E-state index contributed by atoms with van der Waals surface area (Å²) in [6.07, 6.45) is -3.46. The monoisotopic (exact) mass is 269 g/mol. The van der Waals surface area contributed by atoms with Crippen LogP contribution in [0, 0.1) is 0 Å². The van der Waals surface area contributed by atoms with Gasteiger partial charge in [0.05, 0.1) is 10.6 Å². The molecule has 1 heterocycles. The molecule has 0 unspecified atom stereocenters. The minimum absolute atomic E-state index is 0.590. The van der Waals surface area contributed by atoms with Crippen LogP contribution in [0.15, 0.2) is 53.7 Å². The molecule has 0 spiro atoms. The molecule has 2 rings (SSSR count). The summed E-state index contributed by atoms with van der Waals surface area (Å²) in [4.78, 5) is 3.80. The molecule has 1 nitrogen and oxygen atoms in total. The van der Waals surface area contributed by atoms with E-state index < -0.39 is 11.7 Å². The molecule has 0 aliphatic rings. The minimum Gasteiger partial charge on any atom is -0.249 e. The topological polar surface area (TPSA) is 12.9 Å². The van der Waals surface area contributed by atoms with Gasteiger partial charge in [-0.2, -0.15) is 13.2 Å². The molecule has 5 heteroatoms. The van der Waals surface area contributed by atoms with E-state index in [0.29, 0.717) is 10.8 Å². The average Bonchev–Trinajstić information content (AvgIpc) is 2.37. The largest absolute Gasteiger partial charge is 0.417 e. The van der Waals surface area contributed by atoms with Crippen LogP contribution in [0.2, 0.25) is 0 Å². The molecule has 0 saturated heterocycles. The second kappa shape index (κ2) is 5.44. The molecule has 2 aromatic rings. The first-order chi connectivity index (χ1) is 8.55. The number of hydrogen-bond donors (Lipinski definition) is 0. The van der Waals surface area contributed by atoms with E-state index in [2.05, 4.69) is 4.98 Å². The molecule has 1 aromatic heterocycles. The maximum atomic E-state index is 12.3. The Hall–Kier alpha value is -1.49. The number of aromatic nitrogens is 1. The van der Waals surface area contributed by atoms with Crippen molar-refractivity contribution in [3.8, 4) is 0 Å². The van der Waals surface area contributed by atoms with Crippen molar-refractivity contribution >= 4 is 11.8 Å². The fourth-order valence-corrected chi connectivity index (χ4v) is 2.16. The maximum absolute atomic E-state index is 12.3. The molecule has 0 bridgehead atoms. The third-order valence-corrected chi connectivity index (χ3v) is 3.31. The SMILES string of the molecule is FC(F)(F)c1ccc(SCc2ccccc2)nc1. The number of pyridine rings is 1. The highest BCUT2D eigenvalue weighted by atomic mass is 32.2. The predicted octanol–water partition coefficient (Wildman–Crippen LogP) is 4.39. The zero-order valence-corrected chi connectivity index (χ0v) is 10.1. The Morgan fingerprint density at radius 2 is 1.72 bits per heavy atom. The zero-order valence-electron chi connectivity index (χ0n) is 9.32. The predicted molar refractivity (Wildman–Crippen MR) is 65.2 cm³/mol. The zero-order chi connectivity index (χ0) is 13.0. The number of thioether (sulfide) groups is 1. The summed E-state index contributed by atoms with van der Waals surface area (Å²) < 4.78 is 37.0. The summed E-state index contributed by atoms with van der Waals surface area (Å²) in [5.41, 5.74) is 0.399. The molecule has 18 heavy (non-hydrogen) atoms. The van der Waals surface area contributed by atoms with Crippen LogP contribution >= 0.6 is 11.8 Å². The smallest absolute Gasteiger partial charge is 0.249 e. The van der Waals surface area contributed by atoms with Crippen LogP contribution in [-0.4, -0.2) is 4.98 Å².